The summed E-state index contributed by atoms with van der Waals surface area (Å²) in [6, 6.07) is 1.19. The largest absolute Gasteiger partial charge is 0.398 e. The number of anilines is 1. The number of aromatic nitrogens is 1. The molecule has 2 N–H and O–H groups in total. The smallest absolute Gasteiger partial charge is 0.200 e. The van der Waals surface area contributed by atoms with Crippen LogP contribution < -0.4 is 5.73 Å². The highest BCUT2D eigenvalue weighted by atomic mass is 19.2. The Morgan fingerprint density at radius 3 is 1.83 bits per heavy atom. The van der Waals surface area contributed by atoms with Gasteiger partial charge < -0.3 is 5.73 Å². The number of halogens is 5. The molecule has 1 aromatic carbocycles. The number of nitrogens with zero attached hydrogens (tertiary/aromatic N) is 1. The van der Waals surface area contributed by atoms with Gasteiger partial charge >= 0.3 is 0 Å². The third-order valence-electron chi connectivity index (χ3n) is 2.33. The molecule has 0 spiro atoms. The lowest BCUT2D eigenvalue weighted by molar-refractivity contribution is 0.381. The maximum Gasteiger partial charge on any atom is 0.200 e. The van der Waals surface area contributed by atoms with Crippen LogP contribution in [-0.4, -0.2) is 4.98 Å². The van der Waals surface area contributed by atoms with Gasteiger partial charge in [-0.2, -0.15) is 0 Å². The fraction of sp³-hybridized carbons (Fsp3) is 0. The first kappa shape index (κ1) is 12.3. The lowest BCUT2D eigenvalue weighted by atomic mass is 10.0. The van der Waals surface area contributed by atoms with E-state index in [-0.39, 0.29) is 11.3 Å². The van der Waals surface area contributed by atoms with E-state index in [4.69, 9.17) is 5.73 Å². The molecule has 2 aromatic rings. The Hall–Kier alpha value is -2.18. The Kier molecular flexibility index (Phi) is 2.90. The molecule has 0 amide bonds. The summed E-state index contributed by atoms with van der Waals surface area (Å²) in [5.41, 5.74) is 3.83. The number of nitrogens with two attached hydrogens (primary N) is 1. The summed E-state index contributed by atoms with van der Waals surface area (Å²) in [4.78, 5) is 3.53. The summed E-state index contributed by atoms with van der Waals surface area (Å²) in [7, 11) is 0. The number of rotatable bonds is 1. The molecule has 0 bridgehead atoms. The third-order valence-corrected chi connectivity index (χ3v) is 2.33. The van der Waals surface area contributed by atoms with E-state index in [0.29, 0.717) is 0 Å². The van der Waals surface area contributed by atoms with E-state index in [0.717, 1.165) is 6.20 Å². The van der Waals surface area contributed by atoms with Crippen molar-refractivity contribution in [3.05, 3.63) is 47.5 Å². The van der Waals surface area contributed by atoms with Crippen molar-refractivity contribution >= 4 is 5.69 Å². The number of hydrogen-bond acceptors (Lipinski definition) is 2. The summed E-state index contributed by atoms with van der Waals surface area (Å²) in [5.74, 6) is -10.1. The average molecular weight is 260 g/mol. The molecule has 0 aliphatic carbocycles. The van der Waals surface area contributed by atoms with E-state index in [9.17, 15) is 22.0 Å². The third kappa shape index (κ3) is 1.68. The summed E-state index contributed by atoms with van der Waals surface area (Å²) < 4.78 is 65.8. The van der Waals surface area contributed by atoms with Crippen LogP contribution in [0.3, 0.4) is 0 Å². The van der Waals surface area contributed by atoms with E-state index in [1.54, 1.807) is 0 Å². The van der Waals surface area contributed by atoms with Crippen LogP contribution in [0.4, 0.5) is 27.6 Å². The molecule has 0 radical (unpaired) electrons. The van der Waals surface area contributed by atoms with Gasteiger partial charge in [0.15, 0.2) is 23.3 Å². The molecule has 0 aliphatic rings. The number of nitrogen functional groups attached to an aromatic ring is 1. The highest BCUT2D eigenvalue weighted by molar-refractivity contribution is 5.76. The van der Waals surface area contributed by atoms with Crippen molar-refractivity contribution in [2.45, 2.75) is 0 Å². The topological polar surface area (TPSA) is 38.9 Å². The number of hydrogen-bond donors (Lipinski definition) is 1. The Bertz CT molecular complexity index is 598. The molecule has 0 saturated carbocycles. The first-order valence-electron chi connectivity index (χ1n) is 4.66. The minimum atomic E-state index is -2.21. The Morgan fingerprint density at radius 2 is 1.33 bits per heavy atom. The molecule has 0 unspecified atom stereocenters. The molecule has 0 aliphatic heterocycles. The fourth-order valence-corrected chi connectivity index (χ4v) is 1.46. The molecule has 2 rings (SSSR count). The predicted octanol–water partition coefficient (Wildman–Crippen LogP) is 3.03. The maximum atomic E-state index is 13.5. The van der Waals surface area contributed by atoms with Gasteiger partial charge in [0.05, 0.1) is 5.56 Å². The molecule has 0 saturated heterocycles. The van der Waals surface area contributed by atoms with Gasteiger partial charge in [0, 0.05) is 23.6 Å². The van der Waals surface area contributed by atoms with Gasteiger partial charge in [-0.25, -0.2) is 22.0 Å². The van der Waals surface area contributed by atoms with E-state index in [1.807, 2.05) is 0 Å². The van der Waals surface area contributed by atoms with E-state index < -0.39 is 34.6 Å². The summed E-state index contributed by atoms with van der Waals surface area (Å²) >= 11 is 0. The van der Waals surface area contributed by atoms with Crippen LogP contribution in [0.1, 0.15) is 0 Å². The highest BCUT2D eigenvalue weighted by Gasteiger charge is 2.27. The molecule has 2 nitrogen and oxygen atoms in total. The van der Waals surface area contributed by atoms with Crippen LogP contribution in [0.15, 0.2) is 18.5 Å². The Labute approximate surface area is 97.9 Å². The van der Waals surface area contributed by atoms with Gasteiger partial charge in [-0.05, 0) is 6.07 Å². The van der Waals surface area contributed by atoms with Gasteiger partial charge in [-0.3, -0.25) is 4.98 Å². The fourth-order valence-electron chi connectivity index (χ4n) is 1.46. The lowest BCUT2D eigenvalue weighted by Crippen LogP contribution is -2.05. The molecule has 1 heterocycles. The maximum absolute atomic E-state index is 13.5. The zero-order chi connectivity index (χ0) is 13.4. The second-order valence-electron chi connectivity index (χ2n) is 3.41. The Morgan fingerprint density at radius 1 is 0.833 bits per heavy atom. The second kappa shape index (κ2) is 4.25. The quantitative estimate of drug-likeness (QED) is 0.486. The van der Waals surface area contributed by atoms with Crippen LogP contribution in [-0.2, 0) is 0 Å². The first-order valence-corrected chi connectivity index (χ1v) is 4.66. The summed E-state index contributed by atoms with van der Waals surface area (Å²) in [6.45, 7) is 0. The van der Waals surface area contributed by atoms with Crippen LogP contribution in [0.25, 0.3) is 11.1 Å². The highest BCUT2D eigenvalue weighted by Crippen LogP contribution is 2.33. The average Bonchev–Trinajstić information content (AvgIpc) is 2.36. The van der Waals surface area contributed by atoms with Crippen LogP contribution in [0, 0.1) is 29.1 Å². The van der Waals surface area contributed by atoms with E-state index in [1.165, 1.54) is 12.3 Å². The normalized spacial score (nSPS) is 10.7. The molecular weight excluding hydrogens is 255 g/mol. The Balaban J connectivity index is 2.85. The van der Waals surface area contributed by atoms with Gasteiger partial charge in [0.25, 0.3) is 0 Å². The SMILES string of the molecule is Nc1ccncc1-c1c(F)c(F)c(F)c(F)c1F. The number of pyridine rings is 1. The van der Waals surface area contributed by atoms with Crippen LogP contribution in [0.2, 0.25) is 0 Å². The number of benzene rings is 1. The van der Waals surface area contributed by atoms with Crippen molar-refractivity contribution in [1.82, 2.24) is 4.98 Å². The summed E-state index contributed by atoms with van der Waals surface area (Å²) in [5, 5.41) is 0. The second-order valence-corrected chi connectivity index (χ2v) is 3.41. The molecule has 18 heavy (non-hydrogen) atoms. The van der Waals surface area contributed by atoms with Crippen molar-refractivity contribution in [3.8, 4) is 11.1 Å². The molecule has 0 atom stereocenters. The summed E-state index contributed by atoms with van der Waals surface area (Å²) in [6.07, 6.45) is 2.15. The van der Waals surface area contributed by atoms with Crippen LogP contribution in [0.5, 0.6) is 0 Å². The van der Waals surface area contributed by atoms with Gasteiger partial charge in [0.2, 0.25) is 5.82 Å². The minimum absolute atomic E-state index is 0.145. The van der Waals surface area contributed by atoms with Crippen molar-refractivity contribution in [1.29, 1.82) is 0 Å². The monoisotopic (exact) mass is 260 g/mol. The van der Waals surface area contributed by atoms with Crippen molar-refractivity contribution < 1.29 is 22.0 Å². The van der Waals surface area contributed by atoms with Gasteiger partial charge in [-0.1, -0.05) is 0 Å². The van der Waals surface area contributed by atoms with Crippen molar-refractivity contribution in [2.75, 3.05) is 5.73 Å². The molecular formula is C11H5F5N2. The molecule has 7 heteroatoms. The van der Waals surface area contributed by atoms with Crippen LogP contribution >= 0.6 is 0 Å². The van der Waals surface area contributed by atoms with Gasteiger partial charge in [0.1, 0.15) is 0 Å². The molecule has 0 fully saturated rings. The van der Waals surface area contributed by atoms with Gasteiger partial charge in [-0.15, -0.1) is 0 Å². The van der Waals surface area contributed by atoms with E-state index >= 15 is 0 Å². The first-order chi connectivity index (χ1) is 8.45. The lowest BCUT2D eigenvalue weighted by Gasteiger charge is -2.09. The zero-order valence-electron chi connectivity index (χ0n) is 8.65. The van der Waals surface area contributed by atoms with Crippen molar-refractivity contribution in [2.24, 2.45) is 0 Å². The van der Waals surface area contributed by atoms with Crippen molar-refractivity contribution in [3.63, 3.8) is 0 Å². The minimum Gasteiger partial charge on any atom is -0.398 e. The van der Waals surface area contributed by atoms with E-state index in [2.05, 4.69) is 4.98 Å². The molecule has 1 aromatic heterocycles. The predicted molar refractivity (Wildman–Crippen MR) is 53.9 cm³/mol. The standard InChI is InChI=1S/C11H5F5N2/c12-7-6(4-3-18-2-1-5(4)17)8(13)10(15)11(16)9(7)14/h1-3H,(H2,17,18). The zero-order valence-corrected chi connectivity index (χ0v) is 8.65. The molecule has 94 valence electrons.